The molecule has 8 nitrogen and oxygen atoms in total. The van der Waals surface area contributed by atoms with Gasteiger partial charge in [0.25, 0.3) is 5.91 Å². The molecule has 0 radical (unpaired) electrons. The predicted molar refractivity (Wildman–Crippen MR) is 119 cm³/mol. The molecule has 2 unspecified atom stereocenters. The second-order valence-corrected chi connectivity index (χ2v) is 8.53. The zero-order valence-electron chi connectivity index (χ0n) is 17.3. The van der Waals surface area contributed by atoms with Crippen molar-refractivity contribution in [2.45, 2.75) is 43.8 Å². The van der Waals surface area contributed by atoms with E-state index < -0.39 is 5.91 Å². The first-order valence-electron chi connectivity index (χ1n) is 10.5. The first-order chi connectivity index (χ1) is 14.5. The summed E-state index contributed by atoms with van der Waals surface area (Å²) >= 11 is 0. The summed E-state index contributed by atoms with van der Waals surface area (Å²) < 4.78 is 0. The number of aromatic nitrogens is 3. The highest BCUT2D eigenvalue weighted by Gasteiger charge is 2.41. The van der Waals surface area contributed by atoms with Gasteiger partial charge in [-0.3, -0.25) is 4.79 Å². The van der Waals surface area contributed by atoms with Gasteiger partial charge in [0.15, 0.2) is 0 Å². The normalized spacial score (nSPS) is 23.0. The Bertz CT molecular complexity index is 1060. The van der Waals surface area contributed by atoms with Crippen molar-refractivity contribution in [1.29, 1.82) is 0 Å². The number of piperidine rings is 1. The second-order valence-electron chi connectivity index (χ2n) is 8.53. The molecule has 2 aliphatic rings. The van der Waals surface area contributed by atoms with Crippen molar-refractivity contribution in [2.75, 3.05) is 29.2 Å². The number of H-pyrrole nitrogens is 1. The summed E-state index contributed by atoms with van der Waals surface area (Å²) in [6.07, 6.45) is 9.67. The molecule has 30 heavy (non-hydrogen) atoms. The molecule has 3 aromatic heterocycles. The van der Waals surface area contributed by atoms with Crippen LogP contribution in [-0.4, -0.2) is 53.1 Å². The number of anilines is 3. The Labute approximate surface area is 175 Å². The first-order valence-corrected chi connectivity index (χ1v) is 10.5. The molecule has 2 atom stereocenters. The largest absolute Gasteiger partial charge is 0.381 e. The highest BCUT2D eigenvalue weighted by Crippen LogP contribution is 2.40. The molecule has 2 saturated heterocycles. The second kappa shape index (κ2) is 7.19. The number of carbonyl (C=O) groups is 1. The monoisotopic (exact) mass is 405 g/mol. The van der Waals surface area contributed by atoms with Crippen LogP contribution in [0.3, 0.4) is 0 Å². The Balaban J connectivity index is 1.38. The Morgan fingerprint density at radius 3 is 2.57 bits per heavy atom. The number of pyridine rings is 2. The van der Waals surface area contributed by atoms with E-state index in [9.17, 15) is 4.79 Å². The number of primary amides is 1. The van der Waals surface area contributed by atoms with Crippen LogP contribution >= 0.6 is 0 Å². The quantitative estimate of drug-likeness (QED) is 0.603. The molecule has 2 fully saturated rings. The van der Waals surface area contributed by atoms with E-state index in [0.717, 1.165) is 41.1 Å². The summed E-state index contributed by atoms with van der Waals surface area (Å²) in [5.41, 5.74) is 8.73. The van der Waals surface area contributed by atoms with Gasteiger partial charge in [-0.15, -0.1) is 0 Å². The van der Waals surface area contributed by atoms with Crippen LogP contribution < -0.4 is 20.9 Å². The van der Waals surface area contributed by atoms with Crippen LogP contribution in [0, 0.1) is 0 Å². The number of fused-ring (bicyclic) bond motifs is 3. The molecule has 0 spiro atoms. The van der Waals surface area contributed by atoms with Gasteiger partial charge in [0.1, 0.15) is 11.5 Å². The van der Waals surface area contributed by atoms with Crippen LogP contribution in [0.5, 0.6) is 0 Å². The number of aromatic amines is 1. The SMILES string of the molecule is CN(C)c1ccc(N2C3CCC2CC(Nc2c(C(N)=O)cnc4[nH]ccc24)C3)nc1. The molecule has 3 aromatic rings. The van der Waals surface area contributed by atoms with Gasteiger partial charge in [-0.25, -0.2) is 9.97 Å². The molecular formula is C22H27N7O. The van der Waals surface area contributed by atoms with E-state index in [1.807, 2.05) is 32.6 Å². The fourth-order valence-corrected chi connectivity index (χ4v) is 5.02. The Kier molecular flexibility index (Phi) is 4.49. The van der Waals surface area contributed by atoms with E-state index in [-0.39, 0.29) is 6.04 Å². The minimum Gasteiger partial charge on any atom is -0.381 e. The van der Waals surface area contributed by atoms with Crippen molar-refractivity contribution < 1.29 is 4.79 Å². The number of nitrogens with two attached hydrogens (primary N) is 1. The van der Waals surface area contributed by atoms with E-state index in [0.29, 0.717) is 17.6 Å². The maximum atomic E-state index is 12.0. The van der Waals surface area contributed by atoms with E-state index in [2.05, 4.69) is 37.2 Å². The molecule has 8 heteroatoms. The van der Waals surface area contributed by atoms with Crippen molar-refractivity contribution in [2.24, 2.45) is 5.73 Å². The molecule has 156 valence electrons. The number of nitrogens with zero attached hydrogens (tertiary/aromatic N) is 4. The van der Waals surface area contributed by atoms with Crippen LogP contribution in [-0.2, 0) is 0 Å². The third-order valence-electron chi connectivity index (χ3n) is 6.45. The third kappa shape index (κ3) is 3.12. The molecule has 1 amide bonds. The van der Waals surface area contributed by atoms with Crippen LogP contribution in [0.25, 0.3) is 11.0 Å². The van der Waals surface area contributed by atoms with Crippen LogP contribution in [0.4, 0.5) is 17.2 Å². The number of nitrogens with one attached hydrogen (secondary N) is 2. The number of hydrogen-bond acceptors (Lipinski definition) is 6. The van der Waals surface area contributed by atoms with Crippen LogP contribution in [0.2, 0.25) is 0 Å². The lowest BCUT2D eigenvalue weighted by molar-refractivity contribution is 0.100. The number of carbonyl (C=O) groups excluding carboxylic acids is 1. The van der Waals surface area contributed by atoms with Gasteiger partial charge in [-0.1, -0.05) is 0 Å². The number of rotatable bonds is 5. The third-order valence-corrected chi connectivity index (χ3v) is 6.45. The zero-order valence-corrected chi connectivity index (χ0v) is 17.3. The fraction of sp³-hybridized carbons (Fsp3) is 0.409. The Hall–Kier alpha value is -3.29. The van der Waals surface area contributed by atoms with Crippen molar-refractivity contribution in [3.05, 3.63) is 42.4 Å². The van der Waals surface area contributed by atoms with Gasteiger partial charge in [-0.2, -0.15) is 0 Å². The smallest absolute Gasteiger partial charge is 0.252 e. The molecule has 5 rings (SSSR count). The average molecular weight is 406 g/mol. The fourth-order valence-electron chi connectivity index (χ4n) is 5.02. The van der Waals surface area contributed by atoms with E-state index in [1.165, 1.54) is 12.8 Å². The molecule has 4 N–H and O–H groups in total. The highest BCUT2D eigenvalue weighted by molar-refractivity contribution is 6.06. The van der Waals surface area contributed by atoms with Crippen LogP contribution in [0.1, 0.15) is 36.0 Å². The summed E-state index contributed by atoms with van der Waals surface area (Å²) in [5, 5.41) is 4.55. The van der Waals surface area contributed by atoms with Crippen molar-refractivity contribution in [1.82, 2.24) is 15.0 Å². The van der Waals surface area contributed by atoms with Gasteiger partial charge in [0.2, 0.25) is 0 Å². The van der Waals surface area contributed by atoms with Crippen molar-refractivity contribution >= 4 is 34.1 Å². The van der Waals surface area contributed by atoms with Crippen LogP contribution in [0.15, 0.2) is 36.8 Å². The number of amides is 1. The average Bonchev–Trinajstić information content (AvgIpc) is 3.31. The van der Waals surface area contributed by atoms with Gasteiger partial charge >= 0.3 is 0 Å². The van der Waals surface area contributed by atoms with E-state index in [4.69, 9.17) is 10.7 Å². The van der Waals surface area contributed by atoms with Gasteiger partial charge < -0.3 is 25.8 Å². The minimum absolute atomic E-state index is 0.276. The summed E-state index contributed by atoms with van der Waals surface area (Å²) in [4.78, 5) is 28.7. The molecule has 0 aliphatic carbocycles. The molecule has 5 heterocycles. The highest BCUT2D eigenvalue weighted by atomic mass is 16.1. The maximum Gasteiger partial charge on any atom is 0.252 e. The Morgan fingerprint density at radius 1 is 1.17 bits per heavy atom. The van der Waals surface area contributed by atoms with E-state index in [1.54, 1.807) is 6.20 Å². The summed E-state index contributed by atoms with van der Waals surface area (Å²) in [6, 6.07) is 7.37. The summed E-state index contributed by atoms with van der Waals surface area (Å²) in [6.45, 7) is 0. The minimum atomic E-state index is -0.460. The lowest BCUT2D eigenvalue weighted by Crippen LogP contribution is -2.47. The molecule has 2 bridgehead atoms. The first kappa shape index (κ1) is 18.7. The van der Waals surface area contributed by atoms with Crippen molar-refractivity contribution in [3.63, 3.8) is 0 Å². The number of hydrogen-bond donors (Lipinski definition) is 3. The predicted octanol–water partition coefficient (Wildman–Crippen LogP) is 2.73. The maximum absolute atomic E-state index is 12.0. The molecule has 0 saturated carbocycles. The van der Waals surface area contributed by atoms with Crippen molar-refractivity contribution in [3.8, 4) is 0 Å². The summed E-state index contributed by atoms with van der Waals surface area (Å²) in [5.74, 6) is 0.597. The lowest BCUT2D eigenvalue weighted by atomic mass is 9.96. The molecule has 2 aliphatic heterocycles. The standard InChI is InChI=1S/C22H27N7O/c1-28(2)16-5-6-19(25-11-16)29-14-3-4-15(29)10-13(9-14)27-20-17-7-8-24-22(17)26-12-18(20)21(23)30/h5-8,11-15H,3-4,9-10H2,1-2H3,(H2,23,30)(H2,24,26,27). The van der Waals surface area contributed by atoms with Gasteiger partial charge in [0, 0.05) is 50.0 Å². The zero-order chi connectivity index (χ0) is 20.8. The summed E-state index contributed by atoms with van der Waals surface area (Å²) in [7, 11) is 4.05. The van der Waals surface area contributed by atoms with Gasteiger partial charge in [-0.05, 0) is 43.9 Å². The topological polar surface area (TPSA) is 103 Å². The molecule has 0 aromatic carbocycles. The van der Waals surface area contributed by atoms with Gasteiger partial charge in [0.05, 0.1) is 23.1 Å². The lowest BCUT2D eigenvalue weighted by Gasteiger charge is -2.40. The van der Waals surface area contributed by atoms with E-state index >= 15 is 0 Å². The Morgan fingerprint density at radius 2 is 1.93 bits per heavy atom. The molecular weight excluding hydrogens is 378 g/mol.